The molecule has 4 aliphatic rings. The highest BCUT2D eigenvalue weighted by Gasteiger charge is 2.54. The van der Waals surface area contributed by atoms with Crippen LogP contribution in [0.3, 0.4) is 0 Å². The van der Waals surface area contributed by atoms with Gasteiger partial charge >= 0.3 is 0 Å². The summed E-state index contributed by atoms with van der Waals surface area (Å²) >= 11 is 0. The van der Waals surface area contributed by atoms with Crippen LogP contribution in [0.1, 0.15) is 54.5 Å². The zero-order valence-electron chi connectivity index (χ0n) is 22.5. The van der Waals surface area contributed by atoms with Gasteiger partial charge < -0.3 is 9.80 Å². The van der Waals surface area contributed by atoms with E-state index in [2.05, 4.69) is 56.5 Å². The number of likely N-dealkylation sites (tertiary alicyclic amines) is 1. The van der Waals surface area contributed by atoms with Gasteiger partial charge in [0.1, 0.15) is 11.4 Å². The lowest BCUT2D eigenvalue weighted by Crippen LogP contribution is -2.57. The molecule has 7 nitrogen and oxygen atoms in total. The Morgan fingerprint density at radius 3 is 2.50 bits per heavy atom. The average molecular weight is 537 g/mol. The molecular formula is C32H33FN6O. The summed E-state index contributed by atoms with van der Waals surface area (Å²) in [6, 6.07) is 20.2. The molecule has 0 bridgehead atoms. The lowest BCUT2D eigenvalue weighted by molar-refractivity contribution is -0.134. The van der Waals surface area contributed by atoms with E-state index in [1.807, 2.05) is 27.9 Å². The third-order valence-corrected chi connectivity index (χ3v) is 9.66. The minimum Gasteiger partial charge on any atom is -0.339 e. The molecule has 2 saturated heterocycles. The van der Waals surface area contributed by atoms with Crippen LogP contribution in [0.25, 0.3) is 10.8 Å². The Bertz CT molecular complexity index is 1580. The van der Waals surface area contributed by atoms with Gasteiger partial charge in [-0.15, -0.1) is 5.10 Å². The summed E-state index contributed by atoms with van der Waals surface area (Å²) in [5.74, 6) is 0.475. The molecule has 1 spiro atoms. The van der Waals surface area contributed by atoms with Gasteiger partial charge in [-0.05, 0) is 78.3 Å². The van der Waals surface area contributed by atoms with Gasteiger partial charge in [-0.25, -0.2) is 4.39 Å². The molecule has 2 aliphatic heterocycles. The van der Waals surface area contributed by atoms with Crippen molar-refractivity contribution >= 4 is 22.4 Å². The number of rotatable bonds is 6. The molecular weight excluding hydrogens is 503 g/mol. The highest BCUT2D eigenvalue weighted by atomic mass is 19.1. The summed E-state index contributed by atoms with van der Waals surface area (Å²) in [6.45, 7) is 3.40. The number of anilines is 1. The second-order valence-electron chi connectivity index (χ2n) is 11.9. The van der Waals surface area contributed by atoms with Crippen molar-refractivity contribution in [1.82, 2.24) is 24.8 Å². The van der Waals surface area contributed by atoms with E-state index in [0.29, 0.717) is 31.7 Å². The van der Waals surface area contributed by atoms with Crippen molar-refractivity contribution in [2.24, 2.45) is 0 Å². The Balaban J connectivity index is 1.04. The third kappa shape index (κ3) is 3.84. The first-order valence-corrected chi connectivity index (χ1v) is 14.6. The van der Waals surface area contributed by atoms with Crippen LogP contribution in [0.2, 0.25) is 0 Å². The Morgan fingerprint density at radius 2 is 1.73 bits per heavy atom. The second-order valence-corrected chi connectivity index (χ2v) is 11.9. The van der Waals surface area contributed by atoms with E-state index in [1.165, 1.54) is 46.9 Å². The zero-order chi connectivity index (χ0) is 26.8. The SMILES string of the molecule is O=C1N(CCn2cc(C3CC3)nn2)CN(c2ccc(F)cc2)C12CCN([C@H]1Cc3cccc4cccc1c34)CC2. The molecule has 204 valence electrons. The minimum absolute atomic E-state index is 0.177. The quantitative estimate of drug-likeness (QED) is 0.351. The van der Waals surface area contributed by atoms with Crippen LogP contribution in [0.5, 0.6) is 0 Å². The van der Waals surface area contributed by atoms with E-state index in [4.69, 9.17) is 0 Å². The van der Waals surface area contributed by atoms with Crippen molar-refractivity contribution in [2.75, 3.05) is 31.2 Å². The topological polar surface area (TPSA) is 57.5 Å². The summed E-state index contributed by atoms with van der Waals surface area (Å²) in [6.07, 6.45) is 6.93. The molecule has 4 aromatic rings. The molecule has 1 amide bonds. The largest absolute Gasteiger partial charge is 0.339 e. The van der Waals surface area contributed by atoms with Crippen molar-refractivity contribution in [3.05, 3.63) is 89.5 Å². The molecule has 1 saturated carbocycles. The van der Waals surface area contributed by atoms with E-state index in [-0.39, 0.29) is 11.7 Å². The van der Waals surface area contributed by atoms with Crippen LogP contribution in [0.4, 0.5) is 10.1 Å². The normalized spacial score (nSPS) is 22.2. The van der Waals surface area contributed by atoms with Gasteiger partial charge in [-0.1, -0.05) is 41.6 Å². The standard InChI is InChI=1S/C32H33FN6O/c33-25-9-11-26(12-10-25)39-21-37(17-18-38-20-28(34-35-38)22-7-8-22)31(40)32(39)13-15-36(16-14-32)29-19-24-5-1-3-23-4-2-6-27(29)30(23)24/h1-6,9-12,20,22,29H,7-8,13-19,21H2/t29-/m0/s1. The maximum absolute atomic E-state index is 14.2. The molecule has 1 atom stereocenters. The van der Waals surface area contributed by atoms with Crippen LogP contribution in [0.15, 0.2) is 66.9 Å². The Morgan fingerprint density at radius 1 is 0.950 bits per heavy atom. The second kappa shape index (κ2) is 9.13. The Labute approximate surface area is 233 Å². The monoisotopic (exact) mass is 536 g/mol. The maximum atomic E-state index is 14.2. The average Bonchev–Trinajstić information content (AvgIpc) is 3.52. The van der Waals surface area contributed by atoms with Crippen LogP contribution < -0.4 is 4.90 Å². The first kappa shape index (κ1) is 24.1. The fourth-order valence-corrected chi connectivity index (χ4v) is 7.35. The lowest BCUT2D eigenvalue weighted by Gasteiger charge is -2.45. The van der Waals surface area contributed by atoms with Crippen LogP contribution in [-0.2, 0) is 17.8 Å². The van der Waals surface area contributed by atoms with Crippen molar-refractivity contribution in [1.29, 1.82) is 0 Å². The molecule has 2 aliphatic carbocycles. The molecule has 1 aromatic heterocycles. The highest BCUT2D eigenvalue weighted by molar-refractivity contribution is 5.94. The van der Waals surface area contributed by atoms with Gasteiger partial charge in [0.15, 0.2) is 0 Å². The van der Waals surface area contributed by atoms with Gasteiger partial charge in [0.25, 0.3) is 0 Å². The van der Waals surface area contributed by atoms with Crippen LogP contribution >= 0.6 is 0 Å². The summed E-state index contributed by atoms with van der Waals surface area (Å²) in [7, 11) is 0. The number of aromatic nitrogens is 3. The number of carbonyl (C=O) groups is 1. The van der Waals surface area contributed by atoms with Crippen molar-refractivity contribution < 1.29 is 9.18 Å². The van der Waals surface area contributed by atoms with Gasteiger partial charge in [-0.2, -0.15) is 0 Å². The number of amides is 1. The van der Waals surface area contributed by atoms with Gasteiger partial charge in [-0.3, -0.25) is 14.4 Å². The zero-order valence-corrected chi connectivity index (χ0v) is 22.5. The summed E-state index contributed by atoms with van der Waals surface area (Å²) < 4.78 is 15.7. The Hall–Kier alpha value is -3.78. The van der Waals surface area contributed by atoms with E-state index in [0.717, 1.165) is 43.7 Å². The number of halogens is 1. The summed E-state index contributed by atoms with van der Waals surface area (Å²) in [5.41, 5.74) is 4.19. The van der Waals surface area contributed by atoms with Gasteiger partial charge in [0, 0.05) is 43.5 Å². The number of nitrogens with zero attached hydrogens (tertiary/aromatic N) is 6. The first-order valence-electron chi connectivity index (χ1n) is 14.6. The summed E-state index contributed by atoms with van der Waals surface area (Å²) in [5, 5.41) is 11.4. The number of piperidine rings is 1. The number of carbonyl (C=O) groups excluding carboxylic acids is 1. The van der Waals surface area contributed by atoms with Crippen molar-refractivity contribution in [2.45, 2.75) is 56.1 Å². The lowest BCUT2D eigenvalue weighted by atomic mass is 9.84. The number of hydrogen-bond donors (Lipinski definition) is 0. The number of hydrogen-bond acceptors (Lipinski definition) is 5. The maximum Gasteiger partial charge on any atom is 0.250 e. The van der Waals surface area contributed by atoms with Gasteiger partial charge in [0.05, 0.1) is 18.9 Å². The molecule has 0 radical (unpaired) electrons. The predicted octanol–water partition coefficient (Wildman–Crippen LogP) is 4.89. The highest BCUT2D eigenvalue weighted by Crippen LogP contribution is 2.45. The minimum atomic E-state index is -0.618. The molecule has 0 unspecified atom stereocenters. The van der Waals surface area contributed by atoms with E-state index in [9.17, 15) is 9.18 Å². The molecule has 3 aromatic carbocycles. The molecule has 8 heteroatoms. The molecule has 0 N–H and O–H groups in total. The molecule has 3 fully saturated rings. The van der Waals surface area contributed by atoms with Crippen LogP contribution in [-0.4, -0.2) is 62.5 Å². The fourth-order valence-electron chi connectivity index (χ4n) is 7.35. The fraction of sp³-hybridized carbons (Fsp3) is 0.406. The predicted molar refractivity (Wildman–Crippen MR) is 151 cm³/mol. The van der Waals surface area contributed by atoms with E-state index < -0.39 is 5.54 Å². The van der Waals surface area contributed by atoms with Crippen molar-refractivity contribution in [3.8, 4) is 0 Å². The van der Waals surface area contributed by atoms with E-state index >= 15 is 0 Å². The molecule has 40 heavy (non-hydrogen) atoms. The Kier molecular flexibility index (Phi) is 5.49. The smallest absolute Gasteiger partial charge is 0.250 e. The van der Waals surface area contributed by atoms with Crippen molar-refractivity contribution in [3.63, 3.8) is 0 Å². The van der Waals surface area contributed by atoms with Gasteiger partial charge in [0.2, 0.25) is 5.91 Å². The van der Waals surface area contributed by atoms with Crippen LogP contribution in [0, 0.1) is 5.82 Å². The molecule has 8 rings (SSSR count). The molecule has 3 heterocycles. The summed E-state index contributed by atoms with van der Waals surface area (Å²) in [4.78, 5) is 21.0. The first-order chi connectivity index (χ1) is 19.6. The number of benzene rings is 3. The van der Waals surface area contributed by atoms with E-state index in [1.54, 1.807) is 0 Å². The third-order valence-electron chi connectivity index (χ3n) is 9.66.